The summed E-state index contributed by atoms with van der Waals surface area (Å²) in [6.45, 7) is 1.83. The number of methoxy groups -OCH3 is 1. The van der Waals surface area contributed by atoms with Crippen LogP contribution in [0.15, 0.2) is 63.8 Å². The largest absolute Gasteiger partial charge is 0.504 e. The highest BCUT2D eigenvalue weighted by Gasteiger charge is 2.44. The lowest BCUT2D eigenvalue weighted by Crippen LogP contribution is -2.29. The summed E-state index contributed by atoms with van der Waals surface area (Å²) in [6.07, 6.45) is 0. The van der Waals surface area contributed by atoms with Gasteiger partial charge in [0.05, 0.1) is 24.1 Å². The van der Waals surface area contributed by atoms with Gasteiger partial charge in [0.25, 0.3) is 5.91 Å². The molecule has 6 nitrogen and oxygen atoms in total. The van der Waals surface area contributed by atoms with Gasteiger partial charge in [-0.3, -0.25) is 14.5 Å². The fourth-order valence-corrected chi connectivity index (χ4v) is 4.30. The molecule has 166 valence electrons. The number of halogens is 2. The maximum Gasteiger partial charge on any atom is 0.295 e. The van der Waals surface area contributed by atoms with Gasteiger partial charge in [-0.15, -0.1) is 0 Å². The van der Waals surface area contributed by atoms with Crippen molar-refractivity contribution in [2.75, 3.05) is 12.0 Å². The number of fused-ring (bicyclic) bond motifs is 2. The van der Waals surface area contributed by atoms with Crippen molar-refractivity contribution in [1.82, 2.24) is 0 Å². The number of anilines is 1. The second-order valence-corrected chi connectivity index (χ2v) is 8.16. The zero-order valence-electron chi connectivity index (χ0n) is 17.6. The van der Waals surface area contributed by atoms with Crippen LogP contribution in [0, 0.1) is 12.7 Å². The summed E-state index contributed by atoms with van der Waals surface area (Å²) < 4.78 is 25.0. The van der Waals surface area contributed by atoms with E-state index in [-0.39, 0.29) is 33.8 Å². The minimum Gasteiger partial charge on any atom is -0.504 e. The van der Waals surface area contributed by atoms with Crippen LogP contribution in [-0.2, 0) is 0 Å². The number of carbonyl (C=O) groups is 1. The van der Waals surface area contributed by atoms with Gasteiger partial charge < -0.3 is 14.3 Å². The Labute approximate surface area is 192 Å². The average Bonchev–Trinajstić information content (AvgIpc) is 3.09. The Hall–Kier alpha value is -3.84. The molecule has 0 radical (unpaired) electrons. The molecule has 1 atom stereocenters. The molecule has 1 aliphatic rings. The molecule has 1 N–H and O–H groups in total. The number of amides is 1. The minimum atomic E-state index is -0.912. The van der Waals surface area contributed by atoms with Crippen LogP contribution >= 0.6 is 11.6 Å². The van der Waals surface area contributed by atoms with Crippen LogP contribution in [0.25, 0.3) is 11.0 Å². The molecule has 3 aromatic carbocycles. The Morgan fingerprint density at radius 2 is 1.88 bits per heavy atom. The van der Waals surface area contributed by atoms with Crippen LogP contribution in [-0.4, -0.2) is 18.1 Å². The van der Waals surface area contributed by atoms with E-state index in [4.69, 9.17) is 20.8 Å². The standard InChI is InChI=1S/C25H17ClFNO5/c1-12-3-6-15(11-17(12)26)28-22(13-4-7-18(29)20(9-13)32-2)21-23(30)16-10-14(27)5-8-19(16)33-24(21)25(28)31/h3-11,22,29H,1-2H3. The number of carbonyl (C=O) groups excluding carboxylic acids is 1. The zero-order chi connectivity index (χ0) is 23.4. The number of ether oxygens (including phenoxy) is 1. The summed E-state index contributed by atoms with van der Waals surface area (Å²) in [7, 11) is 1.40. The molecule has 0 bridgehead atoms. The zero-order valence-corrected chi connectivity index (χ0v) is 18.3. The van der Waals surface area contributed by atoms with Gasteiger partial charge >= 0.3 is 0 Å². The van der Waals surface area contributed by atoms with Crippen LogP contribution in [0.4, 0.5) is 10.1 Å². The van der Waals surface area contributed by atoms with Crippen LogP contribution in [0.5, 0.6) is 11.5 Å². The molecule has 33 heavy (non-hydrogen) atoms. The Morgan fingerprint density at radius 1 is 1.09 bits per heavy atom. The number of benzene rings is 3. The number of hydrogen-bond donors (Lipinski definition) is 1. The van der Waals surface area contributed by atoms with Crippen molar-refractivity contribution in [2.45, 2.75) is 13.0 Å². The smallest absolute Gasteiger partial charge is 0.295 e. The number of aromatic hydroxyl groups is 1. The predicted octanol–water partition coefficient (Wildman–Crippen LogP) is 5.36. The number of rotatable bonds is 3. The lowest BCUT2D eigenvalue weighted by Gasteiger charge is -2.26. The van der Waals surface area contributed by atoms with Gasteiger partial charge in [0.15, 0.2) is 16.9 Å². The highest BCUT2D eigenvalue weighted by molar-refractivity contribution is 6.31. The van der Waals surface area contributed by atoms with Gasteiger partial charge in [-0.25, -0.2) is 4.39 Å². The first-order valence-corrected chi connectivity index (χ1v) is 10.4. The van der Waals surface area contributed by atoms with Crippen molar-refractivity contribution in [1.29, 1.82) is 0 Å². The van der Waals surface area contributed by atoms with Crippen molar-refractivity contribution in [3.05, 3.63) is 98.1 Å². The van der Waals surface area contributed by atoms with Crippen molar-refractivity contribution >= 4 is 34.2 Å². The first kappa shape index (κ1) is 21.0. The van der Waals surface area contributed by atoms with Crippen molar-refractivity contribution in [3.8, 4) is 11.5 Å². The molecule has 1 amide bonds. The third kappa shape index (κ3) is 3.24. The molecular formula is C25H17ClFNO5. The maximum atomic E-state index is 13.9. The fourth-order valence-electron chi connectivity index (χ4n) is 4.12. The van der Waals surface area contributed by atoms with Gasteiger partial charge in [-0.05, 0) is 60.5 Å². The molecule has 1 aliphatic heterocycles. The summed E-state index contributed by atoms with van der Waals surface area (Å²) >= 11 is 6.33. The summed E-state index contributed by atoms with van der Waals surface area (Å²) in [5, 5.41) is 10.5. The number of phenols is 1. The second kappa shape index (κ2) is 7.64. The van der Waals surface area contributed by atoms with E-state index < -0.39 is 23.2 Å². The summed E-state index contributed by atoms with van der Waals surface area (Å²) in [5.41, 5.74) is 1.44. The molecule has 0 fully saturated rings. The van der Waals surface area contributed by atoms with E-state index in [1.165, 1.54) is 24.1 Å². The van der Waals surface area contributed by atoms with Crippen LogP contribution in [0.1, 0.15) is 33.3 Å². The average molecular weight is 466 g/mol. The van der Waals surface area contributed by atoms with E-state index in [0.29, 0.717) is 16.3 Å². The molecule has 0 spiro atoms. The van der Waals surface area contributed by atoms with Gasteiger partial charge in [0.2, 0.25) is 5.76 Å². The van der Waals surface area contributed by atoms with Crippen molar-refractivity contribution in [3.63, 3.8) is 0 Å². The minimum absolute atomic E-state index is 0.0288. The Morgan fingerprint density at radius 3 is 2.61 bits per heavy atom. The lowest BCUT2D eigenvalue weighted by molar-refractivity contribution is 0.0971. The Balaban J connectivity index is 1.83. The number of nitrogens with zero attached hydrogens (tertiary/aromatic N) is 1. The number of hydrogen-bond acceptors (Lipinski definition) is 5. The number of phenolic OH excluding ortho intramolecular Hbond substituents is 1. The summed E-state index contributed by atoms with van der Waals surface area (Å²) in [5.74, 6) is -1.18. The summed E-state index contributed by atoms with van der Waals surface area (Å²) in [4.78, 5) is 28.5. The van der Waals surface area contributed by atoms with Gasteiger partial charge in [0.1, 0.15) is 11.4 Å². The quantitative estimate of drug-likeness (QED) is 0.440. The molecule has 5 rings (SSSR count). The van der Waals surface area contributed by atoms with E-state index in [1.807, 2.05) is 6.92 Å². The number of aryl methyl sites for hydroxylation is 1. The highest BCUT2D eigenvalue weighted by atomic mass is 35.5. The highest BCUT2D eigenvalue weighted by Crippen LogP contribution is 2.43. The first-order valence-electron chi connectivity index (χ1n) is 10.0. The SMILES string of the molecule is COc1cc(C2c3c(oc4ccc(F)cc4c3=O)C(=O)N2c2ccc(C)c(Cl)c2)ccc1O. The third-order valence-corrected chi connectivity index (χ3v) is 6.19. The molecule has 1 unspecified atom stereocenters. The van der Waals surface area contributed by atoms with Crippen molar-refractivity contribution < 1.29 is 23.4 Å². The van der Waals surface area contributed by atoms with E-state index in [1.54, 1.807) is 30.3 Å². The monoisotopic (exact) mass is 465 g/mol. The second-order valence-electron chi connectivity index (χ2n) is 7.76. The van der Waals surface area contributed by atoms with E-state index in [9.17, 15) is 19.1 Å². The lowest BCUT2D eigenvalue weighted by atomic mass is 9.97. The molecule has 8 heteroatoms. The Bertz CT molecular complexity index is 1510. The summed E-state index contributed by atoms with van der Waals surface area (Å²) in [6, 6.07) is 12.3. The van der Waals surface area contributed by atoms with Crippen LogP contribution in [0.3, 0.4) is 0 Å². The molecule has 0 aliphatic carbocycles. The topological polar surface area (TPSA) is 80.0 Å². The van der Waals surface area contributed by atoms with Crippen LogP contribution < -0.4 is 15.1 Å². The molecule has 1 aromatic heterocycles. The van der Waals surface area contributed by atoms with E-state index >= 15 is 0 Å². The van der Waals surface area contributed by atoms with E-state index in [0.717, 1.165) is 17.7 Å². The van der Waals surface area contributed by atoms with Gasteiger partial charge in [0, 0.05) is 10.7 Å². The van der Waals surface area contributed by atoms with Gasteiger partial charge in [-0.1, -0.05) is 23.7 Å². The van der Waals surface area contributed by atoms with Gasteiger partial charge in [-0.2, -0.15) is 0 Å². The maximum absolute atomic E-state index is 13.9. The third-order valence-electron chi connectivity index (χ3n) is 5.79. The molecule has 2 heterocycles. The normalized spacial score (nSPS) is 15.2. The molecule has 0 saturated carbocycles. The predicted molar refractivity (Wildman–Crippen MR) is 122 cm³/mol. The Kier molecular flexibility index (Phi) is 4.87. The fraction of sp³-hybridized carbons (Fsp3) is 0.120. The van der Waals surface area contributed by atoms with E-state index in [2.05, 4.69) is 0 Å². The van der Waals surface area contributed by atoms with Crippen LogP contribution in [0.2, 0.25) is 5.02 Å². The molecular weight excluding hydrogens is 449 g/mol. The molecule has 4 aromatic rings. The van der Waals surface area contributed by atoms with Crippen molar-refractivity contribution in [2.24, 2.45) is 0 Å². The first-order chi connectivity index (χ1) is 15.8. The molecule has 0 saturated heterocycles.